The Bertz CT molecular complexity index is 106. The van der Waals surface area contributed by atoms with E-state index < -0.39 is 4.84 Å². The lowest BCUT2D eigenvalue weighted by Crippen LogP contribution is -1.89. The molecule has 0 bridgehead atoms. The van der Waals surface area contributed by atoms with E-state index in [-0.39, 0.29) is 59.5 Å². The van der Waals surface area contributed by atoms with Gasteiger partial charge in [0.2, 0.25) is 0 Å². The second-order valence-corrected chi connectivity index (χ2v) is 4.71. The van der Waals surface area contributed by atoms with Gasteiger partial charge in [0.25, 0.3) is 0 Å². The van der Waals surface area contributed by atoms with Gasteiger partial charge in [-0.2, -0.15) is 0 Å². The van der Waals surface area contributed by atoms with Crippen molar-refractivity contribution in [2.45, 2.75) is 66.6 Å². The molecule has 30 heavy (non-hydrogen) atoms. The molecule has 0 fully saturated rings. The van der Waals surface area contributed by atoms with E-state index in [1.807, 2.05) is 0 Å². The van der Waals surface area contributed by atoms with Gasteiger partial charge in [-0.15, -0.1) is 23.2 Å². The summed E-state index contributed by atoms with van der Waals surface area (Å²) in [4.78, 5) is -0.407. The van der Waals surface area contributed by atoms with Crippen LogP contribution >= 0.6 is 23.2 Å². The molecule has 0 spiro atoms. The quantitative estimate of drug-likeness (QED) is 0.253. The Morgan fingerprint density at radius 2 is 0.500 bits per heavy atom. The van der Waals surface area contributed by atoms with Crippen molar-refractivity contribution >= 4 is 23.2 Å². The Morgan fingerprint density at radius 3 is 0.500 bits per heavy atom. The van der Waals surface area contributed by atoms with Gasteiger partial charge in [-0.05, 0) is 55.4 Å². The summed E-state index contributed by atoms with van der Waals surface area (Å²) >= 11 is 10.4. The molecule has 0 amide bonds. The summed E-state index contributed by atoms with van der Waals surface area (Å²) in [6, 6.07) is 0. The lowest BCUT2D eigenvalue weighted by molar-refractivity contribution is 0.293. The maximum atomic E-state index is 8.07. The fourth-order valence-electron chi connectivity index (χ4n) is 0.0976. The maximum Gasteiger partial charge on any atom is 0.110 e. The van der Waals surface area contributed by atoms with Gasteiger partial charge in [-0.3, -0.25) is 0 Å². The van der Waals surface area contributed by atoms with E-state index in [2.05, 4.69) is 0 Å². The molecule has 9 nitrogen and oxygen atoms in total. The van der Waals surface area contributed by atoms with Crippen LogP contribution in [-0.2, 0) is 0 Å². The van der Waals surface area contributed by atoms with Crippen molar-refractivity contribution in [3.63, 3.8) is 0 Å². The van der Waals surface area contributed by atoms with Crippen LogP contribution in [0.4, 0.5) is 0 Å². The molecule has 0 heterocycles. The predicted molar refractivity (Wildman–Crippen MR) is 129 cm³/mol. The van der Waals surface area contributed by atoms with E-state index in [4.69, 9.17) is 69.2 Å². The summed E-state index contributed by atoms with van der Waals surface area (Å²) in [5.74, 6) is 0. The van der Waals surface area contributed by atoms with Crippen molar-refractivity contribution in [2.75, 3.05) is 59.5 Å². The van der Waals surface area contributed by atoms with Gasteiger partial charge in [-0.1, -0.05) is 0 Å². The Morgan fingerprint density at radius 1 is 0.400 bits per heavy atom. The van der Waals surface area contributed by atoms with E-state index in [1.54, 1.807) is 55.4 Å². The summed E-state index contributed by atoms with van der Waals surface area (Å²) in [6.07, 6.45) is 0.461. The molecule has 0 saturated heterocycles. The smallest absolute Gasteiger partial charge is 0.110 e. The van der Waals surface area contributed by atoms with Gasteiger partial charge in [0, 0.05) is 65.9 Å². The van der Waals surface area contributed by atoms with Crippen LogP contribution < -0.4 is 0 Å². The van der Waals surface area contributed by atoms with Crippen LogP contribution in [0.2, 0.25) is 0 Å². The molecule has 0 aliphatic rings. The first-order valence-electron chi connectivity index (χ1n) is 9.85. The molecule has 0 aliphatic heterocycles. The highest BCUT2D eigenvalue weighted by atomic mass is 35.5. The first kappa shape index (κ1) is 57.3. The minimum atomic E-state index is -0.407. The lowest BCUT2D eigenvalue weighted by atomic mass is 10.5. The monoisotopic (exact) mass is 496 g/mol. The molecule has 11 heteroatoms. The van der Waals surface area contributed by atoms with Crippen molar-refractivity contribution in [2.24, 2.45) is 0 Å². The van der Waals surface area contributed by atoms with E-state index in [1.165, 1.54) is 0 Å². The van der Waals surface area contributed by atoms with Crippen LogP contribution in [0, 0.1) is 0 Å². The number of aliphatic hydroxyl groups is 9. The normalized spacial score (nSPS) is 6.80. The third-order valence-electron chi connectivity index (χ3n) is 0.347. The van der Waals surface area contributed by atoms with Gasteiger partial charge >= 0.3 is 0 Å². The number of rotatable bonds is 2. The van der Waals surface area contributed by atoms with Gasteiger partial charge in [-0.25, -0.2) is 0 Å². The highest BCUT2D eigenvalue weighted by Gasteiger charge is 1.92. The Balaban J connectivity index is -0.0000000240. The molecular weight excluding hydrogens is 443 g/mol. The minimum absolute atomic E-state index is 0.0671. The summed E-state index contributed by atoms with van der Waals surface area (Å²) in [5.41, 5.74) is 0. The fourth-order valence-corrected chi connectivity index (χ4v) is 0.293. The van der Waals surface area contributed by atoms with Crippen molar-refractivity contribution in [3.8, 4) is 0 Å². The van der Waals surface area contributed by atoms with Gasteiger partial charge in [0.15, 0.2) is 0 Å². The van der Waals surface area contributed by atoms with Crippen molar-refractivity contribution in [1.29, 1.82) is 0 Å². The van der Waals surface area contributed by atoms with Gasteiger partial charge in [0.05, 0.1) is 0 Å². The minimum Gasteiger partial charge on any atom is -0.397 e. The average Bonchev–Trinajstić information content (AvgIpc) is 2.60. The average molecular weight is 498 g/mol. The summed E-state index contributed by atoms with van der Waals surface area (Å²) in [6.45, 7) is 15.5. The number of hydrogen-bond donors (Lipinski definition) is 9. The summed E-state index contributed by atoms with van der Waals surface area (Å²) in [5, 5.41) is 68.6. The molecule has 0 saturated carbocycles. The molecule has 0 unspecified atom stereocenters. The first-order valence-corrected chi connectivity index (χ1v) is 10.7. The molecule has 0 atom stereocenters. The van der Waals surface area contributed by atoms with Crippen molar-refractivity contribution < 1.29 is 46.0 Å². The molecule has 0 rings (SSSR count). The van der Waals surface area contributed by atoms with Crippen molar-refractivity contribution in [1.82, 2.24) is 0 Å². The largest absolute Gasteiger partial charge is 0.397 e. The Labute approximate surface area is 195 Å². The summed E-state index contributed by atoms with van der Waals surface area (Å²) < 4.78 is 0. The highest BCUT2D eigenvalue weighted by Crippen LogP contribution is 2.04. The maximum absolute atomic E-state index is 8.07. The van der Waals surface area contributed by atoms with E-state index in [9.17, 15) is 0 Å². The number of halogens is 2. The van der Waals surface area contributed by atoms with Crippen LogP contribution in [0.5, 0.6) is 0 Å². The molecular formula is C19H54Cl2O9. The SMILES string of the molecule is CCO.CCO.CCO.CCO.CCO.CCO.CCO.CCO.OCCC(Cl)Cl. The summed E-state index contributed by atoms with van der Waals surface area (Å²) in [7, 11) is 0. The Hall–Kier alpha value is 0.220. The predicted octanol–water partition coefficient (Wildman–Crippen LogP) is 1.16. The van der Waals surface area contributed by atoms with Crippen LogP contribution in [-0.4, -0.2) is 110 Å². The second kappa shape index (κ2) is 133. The van der Waals surface area contributed by atoms with Crippen molar-refractivity contribution in [3.05, 3.63) is 0 Å². The van der Waals surface area contributed by atoms with E-state index >= 15 is 0 Å². The zero-order valence-electron chi connectivity index (χ0n) is 20.4. The third-order valence-corrected chi connectivity index (χ3v) is 0.784. The molecule has 0 aromatic carbocycles. The van der Waals surface area contributed by atoms with Crippen LogP contribution in [0.25, 0.3) is 0 Å². The molecule has 0 aliphatic carbocycles. The zero-order valence-corrected chi connectivity index (χ0v) is 21.9. The molecule has 0 aromatic heterocycles. The molecule has 198 valence electrons. The number of alkyl halides is 2. The topological polar surface area (TPSA) is 182 Å². The number of aliphatic hydroxyl groups excluding tert-OH is 9. The van der Waals surface area contributed by atoms with Gasteiger partial charge < -0.3 is 46.0 Å². The molecule has 0 aromatic rings. The van der Waals surface area contributed by atoms with Gasteiger partial charge in [0.1, 0.15) is 4.84 Å². The lowest BCUT2D eigenvalue weighted by Gasteiger charge is -1.90. The van der Waals surface area contributed by atoms with Crippen LogP contribution in [0.1, 0.15) is 61.8 Å². The van der Waals surface area contributed by atoms with Crippen LogP contribution in [0.3, 0.4) is 0 Å². The van der Waals surface area contributed by atoms with E-state index in [0.29, 0.717) is 6.42 Å². The highest BCUT2D eigenvalue weighted by molar-refractivity contribution is 6.44. The number of hydrogen-bond acceptors (Lipinski definition) is 9. The molecule has 0 radical (unpaired) electrons. The first-order chi connectivity index (χ1) is 14.1. The zero-order chi connectivity index (χ0) is 26.6. The van der Waals surface area contributed by atoms with Crippen LogP contribution in [0.15, 0.2) is 0 Å². The second-order valence-electron chi connectivity index (χ2n) is 3.43. The Kier molecular flexibility index (Phi) is 254. The fraction of sp³-hybridized carbons (Fsp3) is 1.00. The van der Waals surface area contributed by atoms with E-state index in [0.717, 1.165) is 0 Å². The third kappa shape index (κ3) is 2020. The standard InChI is InChI=1S/C3H6Cl2O.8C2H6O/c4-3(5)1-2-6;8*1-2-3/h3,6H,1-2H2;8*3H,2H2,1H3. The molecule has 9 N–H and O–H groups in total.